The summed E-state index contributed by atoms with van der Waals surface area (Å²) in [5.74, 6) is 3.06. The minimum atomic E-state index is -0.0576. The van der Waals surface area contributed by atoms with Gasteiger partial charge in [0.05, 0.1) is 24.6 Å². The number of nitrogens with zero attached hydrogens (tertiary/aromatic N) is 10. The average Bonchev–Trinajstić information content (AvgIpc) is 3.58. The van der Waals surface area contributed by atoms with Crippen LogP contribution in [0.15, 0.2) is 49.1 Å². The maximum atomic E-state index is 11.7. The van der Waals surface area contributed by atoms with Crippen LogP contribution in [-0.2, 0) is 4.79 Å². The summed E-state index contributed by atoms with van der Waals surface area (Å²) in [6, 6.07) is 8.07. The Hall–Kier alpha value is -5.68. The predicted molar refractivity (Wildman–Crippen MR) is 186 cm³/mol. The molecule has 5 aromatic rings. The molecule has 17 heteroatoms. The second-order valence-electron chi connectivity index (χ2n) is 11.6. The van der Waals surface area contributed by atoms with Gasteiger partial charge in [0.1, 0.15) is 28.4 Å². The van der Waals surface area contributed by atoms with Crippen LogP contribution >= 0.6 is 0 Å². The average molecular weight is 651 g/mol. The quantitative estimate of drug-likeness (QED) is 0.155. The van der Waals surface area contributed by atoms with Crippen LogP contribution in [0.4, 0.5) is 46.4 Å². The van der Waals surface area contributed by atoms with Crippen molar-refractivity contribution in [3.8, 4) is 0 Å². The third-order valence-electron chi connectivity index (χ3n) is 8.20. The number of anilines is 8. The lowest BCUT2D eigenvalue weighted by Crippen LogP contribution is -2.43. The number of carbonyl (C=O) groups excluding carboxylic acids is 1. The van der Waals surface area contributed by atoms with Crippen molar-refractivity contribution >= 4 is 63.4 Å². The molecule has 0 saturated carbocycles. The van der Waals surface area contributed by atoms with Crippen molar-refractivity contribution in [2.24, 2.45) is 0 Å². The normalized spacial score (nSPS) is 16.1. The van der Waals surface area contributed by atoms with Crippen LogP contribution in [0, 0.1) is 6.92 Å². The summed E-state index contributed by atoms with van der Waals surface area (Å²) in [5.41, 5.74) is 5.25. The van der Waals surface area contributed by atoms with Gasteiger partial charge in [-0.1, -0.05) is 0 Å². The molecule has 8 heterocycles. The molecule has 0 atom stereocenters. The van der Waals surface area contributed by atoms with Crippen LogP contribution in [0.25, 0.3) is 11.0 Å². The van der Waals surface area contributed by atoms with Gasteiger partial charge in [-0.05, 0) is 19.1 Å². The topological polar surface area (TPSA) is 193 Å². The Bertz CT molecular complexity index is 1880. The summed E-state index contributed by atoms with van der Waals surface area (Å²) in [4.78, 5) is 44.6. The Kier molecular flexibility index (Phi) is 9.01. The van der Waals surface area contributed by atoms with Gasteiger partial charge in [0.2, 0.25) is 17.8 Å². The number of carbonyl (C=O) groups is 1. The van der Waals surface area contributed by atoms with E-state index in [9.17, 15) is 4.79 Å². The van der Waals surface area contributed by atoms with Crippen LogP contribution in [0.3, 0.4) is 0 Å². The van der Waals surface area contributed by atoms with Gasteiger partial charge in [-0.2, -0.15) is 10.1 Å². The van der Waals surface area contributed by atoms with Crippen LogP contribution in [-0.4, -0.2) is 112 Å². The number of amides is 1. The van der Waals surface area contributed by atoms with Crippen molar-refractivity contribution in [2.45, 2.75) is 6.92 Å². The molecule has 0 spiro atoms. The molecule has 48 heavy (non-hydrogen) atoms. The molecular formula is C31H38N16O. The minimum Gasteiger partial charge on any atom is -0.369 e. The number of rotatable bonds is 6. The smallest absolute Gasteiger partial charge is 0.244 e. The van der Waals surface area contributed by atoms with E-state index in [4.69, 9.17) is 0 Å². The predicted octanol–water partition coefficient (Wildman–Crippen LogP) is 1.62. The molecule has 3 aliphatic rings. The molecule has 2 fully saturated rings. The van der Waals surface area contributed by atoms with Gasteiger partial charge in [0.25, 0.3) is 0 Å². The number of hydrogen-bond acceptors (Lipinski definition) is 15. The fraction of sp³-hybridized carbons (Fsp3) is 0.355. The number of fused-ring (bicyclic) bond motifs is 2. The zero-order chi connectivity index (χ0) is 32.9. The van der Waals surface area contributed by atoms with E-state index < -0.39 is 0 Å². The molecule has 0 radical (unpaired) electrons. The third kappa shape index (κ3) is 7.16. The zero-order valence-corrected chi connectivity index (χ0v) is 26.9. The van der Waals surface area contributed by atoms with Crippen LogP contribution in [0.1, 0.15) is 5.69 Å². The van der Waals surface area contributed by atoms with E-state index >= 15 is 0 Å². The van der Waals surface area contributed by atoms with Gasteiger partial charge in [-0.3, -0.25) is 9.89 Å². The van der Waals surface area contributed by atoms with Gasteiger partial charge in [-0.15, -0.1) is 0 Å². The number of aromatic amines is 1. The number of pyridine rings is 2. The van der Waals surface area contributed by atoms with E-state index in [0.717, 1.165) is 86.3 Å². The number of aryl methyl sites for hydroxylation is 1. The molecule has 5 aromatic heterocycles. The number of nitrogens with one attached hydrogen (secondary N) is 6. The lowest BCUT2D eigenvalue weighted by molar-refractivity contribution is -0.115. The first-order chi connectivity index (χ1) is 23.5. The van der Waals surface area contributed by atoms with Crippen molar-refractivity contribution < 1.29 is 4.79 Å². The molecule has 248 valence electrons. The van der Waals surface area contributed by atoms with Gasteiger partial charge in [0, 0.05) is 95.3 Å². The van der Waals surface area contributed by atoms with Gasteiger partial charge >= 0.3 is 0 Å². The third-order valence-corrected chi connectivity index (χ3v) is 8.20. The highest BCUT2D eigenvalue weighted by Gasteiger charge is 2.24. The Morgan fingerprint density at radius 3 is 2.04 bits per heavy atom. The lowest BCUT2D eigenvalue weighted by atomic mass is 10.2. The monoisotopic (exact) mass is 650 g/mol. The maximum absolute atomic E-state index is 11.7. The number of hydrogen-bond donors (Lipinski definition) is 6. The molecule has 0 aromatic carbocycles. The minimum absolute atomic E-state index is 0.0576. The molecule has 0 aliphatic carbocycles. The number of H-pyrrole nitrogens is 1. The van der Waals surface area contributed by atoms with Crippen LogP contribution < -0.4 is 41.3 Å². The molecule has 0 unspecified atom stereocenters. The van der Waals surface area contributed by atoms with E-state index in [2.05, 4.69) is 76.5 Å². The second-order valence-corrected chi connectivity index (χ2v) is 11.6. The van der Waals surface area contributed by atoms with Crippen LogP contribution in [0.5, 0.6) is 0 Å². The molecule has 2 saturated heterocycles. The number of likely N-dealkylation sites (N-methyl/N-ethyl adjacent to an activating group) is 1. The summed E-state index contributed by atoms with van der Waals surface area (Å²) < 4.78 is 0. The van der Waals surface area contributed by atoms with Crippen molar-refractivity contribution in [3.63, 3.8) is 0 Å². The van der Waals surface area contributed by atoms with E-state index in [-0.39, 0.29) is 12.5 Å². The second kappa shape index (κ2) is 14.0. The highest BCUT2D eigenvalue weighted by molar-refractivity contribution is 6.01. The summed E-state index contributed by atoms with van der Waals surface area (Å²) in [7, 11) is 1.84. The summed E-state index contributed by atoms with van der Waals surface area (Å²) in [6.45, 7) is 10.1. The maximum Gasteiger partial charge on any atom is 0.244 e. The van der Waals surface area contributed by atoms with E-state index in [1.165, 1.54) is 0 Å². The first kappa shape index (κ1) is 30.9. The van der Waals surface area contributed by atoms with Crippen molar-refractivity contribution in [1.29, 1.82) is 0 Å². The fourth-order valence-corrected chi connectivity index (χ4v) is 5.75. The Labute approximate surface area is 277 Å². The van der Waals surface area contributed by atoms with Crippen LogP contribution in [0.2, 0.25) is 0 Å². The fourth-order valence-electron chi connectivity index (χ4n) is 5.75. The van der Waals surface area contributed by atoms with Crippen molar-refractivity contribution in [2.75, 3.05) is 96.6 Å². The standard InChI is InChI=1S/C17H22N8O.C14H16N8/c1-11-15-16(24(2)10-14(26)22-15)23-17(20-11)21-13-9-12(3-4-19-13)25-7-5-18-6-8-25;1-2-16-13(7-10(1)22-5-3-15-4-6-22)20-14-17-8-12-11(19-14)9-18-21-12/h3-4,9,18H,5-8,10H2,1-2H3,(H,22,26)(H,19,20,21,23);1-2,7-9,15H,3-6H2,(H,18,21)(H,16,17,19,20). The highest BCUT2D eigenvalue weighted by Crippen LogP contribution is 2.30. The van der Waals surface area contributed by atoms with E-state index in [1.807, 2.05) is 43.1 Å². The Balaban J connectivity index is 0.000000154. The first-order valence-electron chi connectivity index (χ1n) is 15.9. The van der Waals surface area contributed by atoms with Crippen molar-refractivity contribution in [1.82, 2.24) is 50.7 Å². The summed E-state index contributed by atoms with van der Waals surface area (Å²) in [5, 5.41) is 22.7. The number of aromatic nitrogens is 8. The van der Waals surface area contributed by atoms with Gasteiger partial charge < -0.3 is 41.3 Å². The van der Waals surface area contributed by atoms with E-state index in [1.54, 1.807) is 24.8 Å². The highest BCUT2D eigenvalue weighted by atomic mass is 16.2. The molecule has 1 amide bonds. The molecule has 3 aliphatic heterocycles. The molecule has 0 bridgehead atoms. The van der Waals surface area contributed by atoms with Crippen molar-refractivity contribution in [3.05, 3.63) is 54.7 Å². The molecule has 8 rings (SSSR count). The summed E-state index contributed by atoms with van der Waals surface area (Å²) in [6.07, 6.45) is 6.97. The Morgan fingerprint density at radius 1 is 0.771 bits per heavy atom. The zero-order valence-electron chi connectivity index (χ0n) is 26.9. The summed E-state index contributed by atoms with van der Waals surface area (Å²) >= 11 is 0. The SMILES string of the molecule is Cc1nc(Nc2cc(N3CCNCC3)ccn2)nc2c1NC(=O)CN2C.c1cc(N2CCNCC2)cc(Nc2ncc3[nH]ncc3n2)n1. The lowest BCUT2D eigenvalue weighted by Gasteiger charge is -2.29. The molecule has 17 nitrogen and oxygen atoms in total. The molecule has 6 N–H and O–H groups in total. The van der Waals surface area contributed by atoms with Gasteiger partial charge in [-0.25, -0.2) is 24.9 Å². The Morgan fingerprint density at radius 2 is 1.40 bits per heavy atom. The van der Waals surface area contributed by atoms with Gasteiger partial charge in [0.15, 0.2) is 5.82 Å². The first-order valence-corrected chi connectivity index (χ1v) is 15.9. The molecular weight excluding hydrogens is 612 g/mol. The largest absolute Gasteiger partial charge is 0.369 e. The number of piperazine rings is 2. The van der Waals surface area contributed by atoms with E-state index in [0.29, 0.717) is 29.2 Å².